The van der Waals surface area contributed by atoms with E-state index in [1.54, 1.807) is 0 Å². The van der Waals surface area contributed by atoms with E-state index in [0.29, 0.717) is 32.4 Å². The fourth-order valence-electron chi connectivity index (χ4n) is 2.53. The number of piperidine rings is 1. The molecule has 1 aliphatic heterocycles. The molecule has 0 aromatic rings. The molecule has 0 atom stereocenters. The van der Waals surface area contributed by atoms with Crippen molar-refractivity contribution in [2.45, 2.75) is 52.0 Å². The second-order valence-electron chi connectivity index (χ2n) is 6.60. The molecule has 0 aliphatic carbocycles. The van der Waals surface area contributed by atoms with E-state index in [4.69, 9.17) is 0 Å². The van der Waals surface area contributed by atoms with Crippen LogP contribution in [-0.2, 0) is 19.6 Å². The minimum Gasteiger partial charge on any atom is -0.480 e. The van der Waals surface area contributed by atoms with Gasteiger partial charge in [-0.2, -0.15) is 0 Å². The van der Waals surface area contributed by atoms with Crippen molar-refractivity contribution >= 4 is 21.9 Å². The highest BCUT2D eigenvalue weighted by Crippen LogP contribution is 2.25. The van der Waals surface area contributed by atoms with Crippen LogP contribution < -0.4 is 0 Å². The highest BCUT2D eigenvalue weighted by Gasteiger charge is 2.39. The monoisotopic (exact) mass is 348 g/mol. The number of sulfonamides is 1. The topological polar surface area (TPSA) is 95.0 Å². The summed E-state index contributed by atoms with van der Waals surface area (Å²) in [4.78, 5) is 25.0. The Hall–Kier alpha value is -1.15. The first-order valence-electron chi connectivity index (χ1n) is 8.03. The first-order chi connectivity index (χ1) is 10.5. The van der Waals surface area contributed by atoms with Crippen LogP contribution in [0.4, 0.5) is 0 Å². The lowest BCUT2D eigenvalue weighted by Gasteiger charge is -2.37. The minimum atomic E-state index is -3.24. The first kappa shape index (κ1) is 19.9. The van der Waals surface area contributed by atoms with Gasteiger partial charge in [0.05, 0.1) is 5.75 Å². The summed E-state index contributed by atoms with van der Waals surface area (Å²) in [6.45, 7) is 5.56. The van der Waals surface area contributed by atoms with Gasteiger partial charge in [0.25, 0.3) is 0 Å². The van der Waals surface area contributed by atoms with E-state index >= 15 is 0 Å². The van der Waals surface area contributed by atoms with E-state index in [2.05, 4.69) is 0 Å². The molecule has 1 saturated heterocycles. The molecule has 23 heavy (non-hydrogen) atoms. The molecule has 0 aromatic heterocycles. The van der Waals surface area contributed by atoms with Gasteiger partial charge < -0.3 is 10.0 Å². The zero-order valence-corrected chi connectivity index (χ0v) is 15.2. The van der Waals surface area contributed by atoms with Crippen molar-refractivity contribution in [1.82, 2.24) is 9.21 Å². The Balaban J connectivity index is 2.66. The highest BCUT2D eigenvalue weighted by atomic mass is 32.2. The fourth-order valence-corrected chi connectivity index (χ4v) is 4.21. The summed E-state index contributed by atoms with van der Waals surface area (Å²) < 4.78 is 25.8. The average molecular weight is 348 g/mol. The molecule has 0 bridgehead atoms. The van der Waals surface area contributed by atoms with Crippen molar-refractivity contribution in [2.24, 2.45) is 5.92 Å². The van der Waals surface area contributed by atoms with E-state index in [1.165, 1.54) is 30.1 Å². The number of nitrogens with zero attached hydrogens (tertiary/aromatic N) is 2. The van der Waals surface area contributed by atoms with Gasteiger partial charge in [0.1, 0.15) is 5.54 Å². The molecule has 134 valence electrons. The van der Waals surface area contributed by atoms with Crippen LogP contribution in [0.3, 0.4) is 0 Å². The Bertz CT molecular complexity index is 536. The molecular formula is C15H28N2O5S. The number of carbonyl (C=O) groups is 2. The third-order valence-corrected chi connectivity index (χ3v) is 6.60. The van der Waals surface area contributed by atoms with Crippen LogP contribution >= 0.6 is 0 Å². The molecule has 1 rings (SSSR count). The Morgan fingerprint density at radius 3 is 2.22 bits per heavy atom. The zero-order chi connectivity index (χ0) is 17.8. The number of hydrogen-bond donors (Lipinski definition) is 1. The number of hydrogen-bond acceptors (Lipinski definition) is 4. The van der Waals surface area contributed by atoms with Crippen LogP contribution in [0.2, 0.25) is 0 Å². The highest BCUT2D eigenvalue weighted by molar-refractivity contribution is 7.89. The molecule has 0 radical (unpaired) electrons. The number of carbonyl (C=O) groups excluding carboxylic acids is 1. The smallest absolute Gasteiger partial charge is 0.329 e. The van der Waals surface area contributed by atoms with Crippen LogP contribution in [0.1, 0.15) is 46.5 Å². The predicted octanol–water partition coefficient (Wildman–Crippen LogP) is 1.15. The molecule has 0 spiro atoms. The van der Waals surface area contributed by atoms with Crippen LogP contribution in [-0.4, -0.2) is 66.0 Å². The van der Waals surface area contributed by atoms with E-state index in [1.807, 2.05) is 6.92 Å². The SMILES string of the molecule is CCCCS(=O)(=O)N1CCC(C(=O)N(C)C(C)(C)C(=O)O)CC1. The van der Waals surface area contributed by atoms with Crippen LogP contribution in [0.15, 0.2) is 0 Å². The summed E-state index contributed by atoms with van der Waals surface area (Å²) in [5.41, 5.74) is -1.28. The van der Waals surface area contributed by atoms with Crippen molar-refractivity contribution in [1.29, 1.82) is 0 Å². The van der Waals surface area contributed by atoms with E-state index in [9.17, 15) is 23.1 Å². The van der Waals surface area contributed by atoms with E-state index in [0.717, 1.165) is 6.42 Å². The number of aliphatic carboxylic acids is 1. The largest absolute Gasteiger partial charge is 0.480 e. The molecule has 0 saturated carbocycles. The van der Waals surface area contributed by atoms with Crippen molar-refractivity contribution < 1.29 is 23.1 Å². The summed E-state index contributed by atoms with van der Waals surface area (Å²) in [6, 6.07) is 0. The Morgan fingerprint density at radius 1 is 1.26 bits per heavy atom. The standard InChI is InChI=1S/C15H28N2O5S/c1-5-6-11-23(21,22)17-9-7-12(8-10-17)13(18)16(4)15(2,3)14(19)20/h12H,5-11H2,1-4H3,(H,19,20). The predicted molar refractivity (Wildman–Crippen MR) is 87.5 cm³/mol. The molecule has 1 fully saturated rings. The molecule has 0 unspecified atom stereocenters. The average Bonchev–Trinajstić information content (AvgIpc) is 2.51. The molecule has 1 amide bonds. The maximum atomic E-state index is 12.5. The number of likely N-dealkylation sites (N-methyl/N-ethyl adjacent to an activating group) is 1. The number of amides is 1. The molecule has 7 nitrogen and oxygen atoms in total. The lowest BCUT2D eigenvalue weighted by atomic mass is 9.94. The summed E-state index contributed by atoms with van der Waals surface area (Å²) in [6.07, 6.45) is 2.33. The van der Waals surface area contributed by atoms with Crippen LogP contribution in [0.5, 0.6) is 0 Å². The lowest BCUT2D eigenvalue weighted by molar-refractivity contribution is -0.157. The normalized spacial score (nSPS) is 17.9. The van der Waals surface area contributed by atoms with Gasteiger partial charge >= 0.3 is 5.97 Å². The second-order valence-corrected chi connectivity index (χ2v) is 8.69. The molecule has 1 aliphatic rings. The van der Waals surface area contributed by atoms with E-state index < -0.39 is 21.5 Å². The number of carboxylic acids is 1. The zero-order valence-electron chi connectivity index (χ0n) is 14.4. The number of carboxylic acid groups (broad SMARTS) is 1. The lowest BCUT2D eigenvalue weighted by Crippen LogP contribution is -2.54. The van der Waals surface area contributed by atoms with Gasteiger partial charge in [-0.25, -0.2) is 17.5 Å². The van der Waals surface area contributed by atoms with Crippen LogP contribution in [0, 0.1) is 5.92 Å². The van der Waals surface area contributed by atoms with Gasteiger partial charge in [-0.15, -0.1) is 0 Å². The minimum absolute atomic E-state index is 0.147. The van der Waals surface area contributed by atoms with Gasteiger partial charge in [-0.3, -0.25) is 4.79 Å². The maximum Gasteiger partial charge on any atom is 0.329 e. The quantitative estimate of drug-likeness (QED) is 0.745. The van der Waals surface area contributed by atoms with Crippen molar-refractivity contribution in [3.63, 3.8) is 0 Å². The first-order valence-corrected chi connectivity index (χ1v) is 9.63. The number of unbranched alkanes of at least 4 members (excludes halogenated alkanes) is 1. The van der Waals surface area contributed by atoms with Gasteiger partial charge in [0.15, 0.2) is 0 Å². The summed E-state index contributed by atoms with van der Waals surface area (Å²) >= 11 is 0. The molecule has 0 aromatic carbocycles. The van der Waals surface area contributed by atoms with Crippen molar-refractivity contribution in [3.05, 3.63) is 0 Å². The van der Waals surface area contributed by atoms with E-state index in [-0.39, 0.29) is 17.6 Å². The Morgan fingerprint density at radius 2 is 1.78 bits per heavy atom. The molecular weight excluding hydrogens is 320 g/mol. The van der Waals surface area contributed by atoms with Crippen molar-refractivity contribution in [2.75, 3.05) is 25.9 Å². The summed E-state index contributed by atoms with van der Waals surface area (Å²) in [5.74, 6) is -1.47. The van der Waals surface area contributed by atoms with Gasteiger partial charge in [0.2, 0.25) is 15.9 Å². The van der Waals surface area contributed by atoms with Gasteiger partial charge in [-0.1, -0.05) is 13.3 Å². The molecule has 1 N–H and O–H groups in total. The third-order valence-electron chi connectivity index (χ3n) is 4.64. The third kappa shape index (κ3) is 4.67. The van der Waals surface area contributed by atoms with Gasteiger partial charge in [-0.05, 0) is 33.1 Å². The fraction of sp³-hybridized carbons (Fsp3) is 0.867. The maximum absolute atomic E-state index is 12.5. The van der Waals surface area contributed by atoms with Crippen LogP contribution in [0.25, 0.3) is 0 Å². The second kappa shape index (κ2) is 7.61. The Kier molecular flexibility index (Phi) is 6.59. The summed E-state index contributed by atoms with van der Waals surface area (Å²) in [5, 5.41) is 9.21. The summed E-state index contributed by atoms with van der Waals surface area (Å²) in [7, 11) is -1.76. The van der Waals surface area contributed by atoms with Gasteiger partial charge in [0, 0.05) is 26.1 Å². The molecule has 8 heteroatoms. The molecule has 1 heterocycles. The van der Waals surface area contributed by atoms with Crippen molar-refractivity contribution in [3.8, 4) is 0 Å². The number of rotatable bonds is 7. The Labute approximate surface area is 138 Å².